The molecule has 0 radical (unpaired) electrons. The summed E-state index contributed by atoms with van der Waals surface area (Å²) in [6.07, 6.45) is 0.825. The predicted octanol–water partition coefficient (Wildman–Crippen LogP) is 4.35. The average Bonchev–Trinajstić information content (AvgIpc) is 3.40. The molecule has 2 aliphatic rings. The number of rotatable bonds is 5. The molecule has 3 aromatic rings. The molecule has 2 aliphatic heterocycles. The van der Waals surface area contributed by atoms with Gasteiger partial charge in [-0.3, -0.25) is 4.79 Å². The molecule has 154 valence electrons. The zero-order chi connectivity index (χ0) is 20.7. The van der Waals surface area contributed by atoms with E-state index in [0.717, 1.165) is 52.0 Å². The molecule has 0 aliphatic carbocycles. The van der Waals surface area contributed by atoms with Crippen LogP contribution >= 0.6 is 11.8 Å². The van der Waals surface area contributed by atoms with E-state index in [9.17, 15) is 4.79 Å². The molecule has 5 rings (SSSR count). The standard InChI is InChI=1S/C23H23N3O3S/c1-23(2)11-15-7-6-10-19(21(15)29-23)28-12-20(27)24-22-17-13-30-14-18(17)25-26(22)16-8-4-3-5-9-16/h3-10H,11-14H2,1-2H3,(H,24,27). The maximum atomic E-state index is 12.8. The van der Waals surface area contributed by atoms with Crippen LogP contribution in [0, 0.1) is 0 Å². The van der Waals surface area contributed by atoms with E-state index in [1.54, 1.807) is 11.8 Å². The Balaban J connectivity index is 1.34. The Bertz CT molecular complexity index is 1110. The SMILES string of the molecule is CC1(C)Cc2cccc(OCC(=O)Nc3c4c(nn3-c3ccccc3)CSC4)c2O1. The number of benzene rings is 2. The number of ether oxygens (including phenoxy) is 2. The average molecular weight is 422 g/mol. The fourth-order valence-electron chi connectivity index (χ4n) is 3.91. The number of thioether (sulfide) groups is 1. The van der Waals surface area contributed by atoms with Crippen molar-refractivity contribution in [3.05, 3.63) is 65.4 Å². The molecule has 1 amide bonds. The largest absolute Gasteiger partial charge is 0.483 e. The zero-order valence-corrected chi connectivity index (χ0v) is 17.8. The van der Waals surface area contributed by atoms with Gasteiger partial charge in [0.05, 0.1) is 11.4 Å². The lowest BCUT2D eigenvalue weighted by molar-refractivity contribution is -0.118. The Morgan fingerprint density at radius 3 is 2.87 bits per heavy atom. The molecule has 6 nitrogen and oxygen atoms in total. The molecular weight excluding hydrogens is 398 g/mol. The zero-order valence-electron chi connectivity index (χ0n) is 17.0. The van der Waals surface area contributed by atoms with Crippen LogP contribution in [0.4, 0.5) is 5.82 Å². The first kappa shape index (κ1) is 19.1. The van der Waals surface area contributed by atoms with Crippen LogP contribution in [0.2, 0.25) is 0 Å². The smallest absolute Gasteiger partial charge is 0.263 e. The van der Waals surface area contributed by atoms with Crippen molar-refractivity contribution in [2.45, 2.75) is 37.4 Å². The normalized spacial score (nSPS) is 15.9. The number of carbonyl (C=O) groups excluding carboxylic acids is 1. The summed E-state index contributed by atoms with van der Waals surface area (Å²) >= 11 is 1.80. The lowest BCUT2D eigenvalue weighted by Crippen LogP contribution is -2.25. The molecule has 2 aromatic carbocycles. The molecule has 0 atom stereocenters. The van der Waals surface area contributed by atoms with E-state index < -0.39 is 0 Å². The molecule has 0 fully saturated rings. The number of hydrogen-bond acceptors (Lipinski definition) is 5. The molecule has 0 saturated carbocycles. The van der Waals surface area contributed by atoms with Gasteiger partial charge in [-0.15, -0.1) is 0 Å². The number of carbonyl (C=O) groups is 1. The second kappa shape index (κ2) is 7.40. The molecule has 3 heterocycles. The van der Waals surface area contributed by atoms with Crippen LogP contribution in [0.3, 0.4) is 0 Å². The highest BCUT2D eigenvalue weighted by Crippen LogP contribution is 2.42. The summed E-state index contributed by atoms with van der Waals surface area (Å²) in [4.78, 5) is 12.8. The van der Waals surface area contributed by atoms with Crippen molar-refractivity contribution in [2.75, 3.05) is 11.9 Å². The van der Waals surface area contributed by atoms with Crippen LogP contribution in [0.25, 0.3) is 5.69 Å². The van der Waals surface area contributed by atoms with Crippen molar-refractivity contribution in [1.29, 1.82) is 0 Å². The first-order valence-corrected chi connectivity index (χ1v) is 11.1. The van der Waals surface area contributed by atoms with Crippen LogP contribution < -0.4 is 14.8 Å². The highest BCUT2D eigenvalue weighted by atomic mass is 32.2. The third-order valence-electron chi connectivity index (χ3n) is 5.22. The van der Waals surface area contributed by atoms with Gasteiger partial charge in [-0.1, -0.05) is 30.3 Å². The molecule has 1 aromatic heterocycles. The Hall–Kier alpha value is -2.93. The van der Waals surface area contributed by atoms with Crippen LogP contribution in [0.15, 0.2) is 48.5 Å². The van der Waals surface area contributed by atoms with Crippen LogP contribution in [-0.2, 0) is 22.7 Å². The van der Waals surface area contributed by atoms with E-state index in [4.69, 9.17) is 14.6 Å². The number of hydrogen-bond donors (Lipinski definition) is 1. The number of para-hydroxylation sites is 2. The molecule has 0 saturated heterocycles. The van der Waals surface area contributed by atoms with E-state index in [1.807, 2.05) is 67.1 Å². The third-order valence-corrected chi connectivity index (χ3v) is 6.19. The van der Waals surface area contributed by atoms with Gasteiger partial charge in [-0.2, -0.15) is 16.9 Å². The Labute approximate surface area is 179 Å². The summed E-state index contributed by atoms with van der Waals surface area (Å²) in [6.45, 7) is 4.00. The first-order chi connectivity index (χ1) is 14.5. The van der Waals surface area contributed by atoms with E-state index >= 15 is 0 Å². The van der Waals surface area contributed by atoms with Crippen molar-refractivity contribution >= 4 is 23.5 Å². The quantitative estimate of drug-likeness (QED) is 0.664. The highest BCUT2D eigenvalue weighted by Gasteiger charge is 2.32. The summed E-state index contributed by atoms with van der Waals surface area (Å²) in [5.41, 5.74) is 3.88. The van der Waals surface area contributed by atoms with Gasteiger partial charge in [0.2, 0.25) is 0 Å². The fourth-order valence-corrected chi connectivity index (χ4v) is 4.94. The van der Waals surface area contributed by atoms with Gasteiger partial charge in [0.25, 0.3) is 5.91 Å². The van der Waals surface area contributed by atoms with Crippen LogP contribution in [-0.4, -0.2) is 27.9 Å². The van der Waals surface area contributed by atoms with E-state index in [-0.39, 0.29) is 18.1 Å². The molecule has 1 N–H and O–H groups in total. The van der Waals surface area contributed by atoms with E-state index in [1.165, 1.54) is 0 Å². The maximum absolute atomic E-state index is 12.8. The summed E-state index contributed by atoms with van der Waals surface area (Å²) in [5.74, 6) is 3.55. The van der Waals surface area contributed by atoms with Gasteiger partial charge < -0.3 is 14.8 Å². The molecule has 7 heteroatoms. The molecule has 0 spiro atoms. The Morgan fingerprint density at radius 1 is 1.20 bits per heavy atom. The Morgan fingerprint density at radius 2 is 2.03 bits per heavy atom. The number of nitrogens with one attached hydrogen (secondary N) is 1. The van der Waals surface area contributed by atoms with Crippen molar-refractivity contribution in [1.82, 2.24) is 9.78 Å². The predicted molar refractivity (Wildman–Crippen MR) is 118 cm³/mol. The summed E-state index contributed by atoms with van der Waals surface area (Å²) in [5, 5.41) is 7.74. The maximum Gasteiger partial charge on any atom is 0.263 e. The first-order valence-electron chi connectivity index (χ1n) is 9.98. The lowest BCUT2D eigenvalue weighted by Gasteiger charge is -2.18. The van der Waals surface area contributed by atoms with Crippen molar-refractivity contribution < 1.29 is 14.3 Å². The molecular formula is C23H23N3O3S. The van der Waals surface area contributed by atoms with Gasteiger partial charge >= 0.3 is 0 Å². The monoisotopic (exact) mass is 421 g/mol. The second-order valence-corrected chi connectivity index (χ2v) is 9.12. The topological polar surface area (TPSA) is 65.4 Å². The van der Waals surface area contributed by atoms with Crippen LogP contribution in [0.5, 0.6) is 11.5 Å². The molecule has 30 heavy (non-hydrogen) atoms. The van der Waals surface area contributed by atoms with Gasteiger partial charge in [0.1, 0.15) is 11.4 Å². The summed E-state index contributed by atoms with van der Waals surface area (Å²) in [7, 11) is 0. The highest BCUT2D eigenvalue weighted by molar-refractivity contribution is 7.98. The number of amides is 1. The molecule has 0 unspecified atom stereocenters. The van der Waals surface area contributed by atoms with Crippen LogP contribution in [0.1, 0.15) is 30.7 Å². The lowest BCUT2D eigenvalue weighted by atomic mass is 10.0. The summed E-state index contributed by atoms with van der Waals surface area (Å²) < 4.78 is 13.7. The summed E-state index contributed by atoms with van der Waals surface area (Å²) in [6, 6.07) is 15.7. The van der Waals surface area contributed by atoms with Crippen molar-refractivity contribution in [3.8, 4) is 17.2 Å². The number of nitrogens with zero attached hydrogens (tertiary/aromatic N) is 2. The Kier molecular flexibility index (Phi) is 4.70. The van der Waals surface area contributed by atoms with Gasteiger partial charge in [-0.25, -0.2) is 4.68 Å². The number of aromatic nitrogens is 2. The number of fused-ring (bicyclic) bond motifs is 2. The van der Waals surface area contributed by atoms with Crippen molar-refractivity contribution in [2.24, 2.45) is 0 Å². The third kappa shape index (κ3) is 3.54. The van der Waals surface area contributed by atoms with Gasteiger partial charge in [0.15, 0.2) is 18.1 Å². The second-order valence-electron chi connectivity index (χ2n) is 8.13. The minimum Gasteiger partial charge on any atom is -0.483 e. The van der Waals surface area contributed by atoms with Crippen molar-refractivity contribution in [3.63, 3.8) is 0 Å². The number of anilines is 1. The van der Waals surface area contributed by atoms with E-state index in [0.29, 0.717) is 5.75 Å². The molecule has 0 bridgehead atoms. The van der Waals surface area contributed by atoms with E-state index in [2.05, 4.69) is 5.32 Å². The van der Waals surface area contributed by atoms with Gasteiger partial charge in [0, 0.05) is 29.1 Å². The minimum absolute atomic E-state index is 0.0951. The van der Waals surface area contributed by atoms with Gasteiger partial charge in [-0.05, 0) is 32.0 Å². The fraction of sp³-hybridized carbons (Fsp3) is 0.304. The minimum atomic E-state index is -0.259.